The standard InChI is InChI=1S/C12H14FN5O.ClH/c1-18-5-4-15-7-10(18)11-16-12(19-17-11)8-2-3-14-6-9(8)13;/h2-3,6,10,15H,4-5,7H2,1H3;1H. The molecule has 0 amide bonds. The van der Waals surface area contributed by atoms with Crippen LogP contribution in [0.5, 0.6) is 0 Å². The average Bonchev–Trinajstić information content (AvgIpc) is 2.89. The molecule has 1 atom stereocenters. The number of piperazine rings is 1. The predicted octanol–water partition coefficient (Wildman–Crippen LogP) is 1.27. The molecule has 108 valence electrons. The van der Waals surface area contributed by atoms with E-state index in [1.165, 1.54) is 12.3 Å². The Kier molecular flexibility index (Phi) is 4.64. The molecule has 20 heavy (non-hydrogen) atoms. The quantitative estimate of drug-likeness (QED) is 0.901. The van der Waals surface area contributed by atoms with Crippen LogP contribution in [0.1, 0.15) is 11.9 Å². The van der Waals surface area contributed by atoms with Gasteiger partial charge in [-0.2, -0.15) is 4.98 Å². The van der Waals surface area contributed by atoms with Gasteiger partial charge in [0.15, 0.2) is 11.6 Å². The molecule has 0 saturated carbocycles. The molecule has 0 aliphatic carbocycles. The van der Waals surface area contributed by atoms with E-state index in [1.807, 2.05) is 7.05 Å². The van der Waals surface area contributed by atoms with Crippen molar-refractivity contribution in [3.05, 3.63) is 30.1 Å². The van der Waals surface area contributed by atoms with Crippen molar-refractivity contribution in [2.24, 2.45) is 0 Å². The lowest BCUT2D eigenvalue weighted by molar-refractivity contribution is 0.190. The predicted molar refractivity (Wildman–Crippen MR) is 73.0 cm³/mol. The molecule has 0 radical (unpaired) electrons. The molecule has 2 aromatic rings. The van der Waals surface area contributed by atoms with Gasteiger partial charge in [-0.05, 0) is 13.1 Å². The first-order valence-corrected chi connectivity index (χ1v) is 6.10. The molecule has 3 heterocycles. The van der Waals surface area contributed by atoms with Crippen molar-refractivity contribution in [3.63, 3.8) is 0 Å². The summed E-state index contributed by atoms with van der Waals surface area (Å²) in [5.41, 5.74) is 0.278. The molecule has 0 spiro atoms. The number of nitrogens with one attached hydrogen (secondary N) is 1. The van der Waals surface area contributed by atoms with E-state index in [1.54, 1.807) is 0 Å². The summed E-state index contributed by atoms with van der Waals surface area (Å²) in [5, 5.41) is 7.23. The first kappa shape index (κ1) is 14.8. The minimum Gasteiger partial charge on any atom is -0.334 e. The zero-order chi connectivity index (χ0) is 13.2. The first-order chi connectivity index (χ1) is 9.25. The van der Waals surface area contributed by atoms with Gasteiger partial charge in [-0.1, -0.05) is 5.16 Å². The van der Waals surface area contributed by atoms with Crippen molar-refractivity contribution < 1.29 is 8.91 Å². The molecule has 1 aliphatic heterocycles. The Bertz CT molecular complexity index is 578. The highest BCUT2D eigenvalue weighted by molar-refractivity contribution is 5.85. The van der Waals surface area contributed by atoms with E-state index in [4.69, 9.17) is 4.52 Å². The van der Waals surface area contributed by atoms with Gasteiger partial charge < -0.3 is 9.84 Å². The van der Waals surface area contributed by atoms with Crippen LogP contribution >= 0.6 is 12.4 Å². The minimum absolute atomic E-state index is 0. The van der Waals surface area contributed by atoms with E-state index >= 15 is 0 Å². The fourth-order valence-electron chi connectivity index (χ4n) is 2.12. The second kappa shape index (κ2) is 6.25. The number of likely N-dealkylation sites (N-methyl/N-ethyl adjacent to an activating group) is 1. The zero-order valence-corrected chi connectivity index (χ0v) is 11.7. The van der Waals surface area contributed by atoms with Gasteiger partial charge in [-0.15, -0.1) is 12.4 Å². The van der Waals surface area contributed by atoms with Crippen molar-refractivity contribution in [1.82, 2.24) is 25.3 Å². The van der Waals surface area contributed by atoms with Gasteiger partial charge in [0, 0.05) is 25.8 Å². The largest absolute Gasteiger partial charge is 0.334 e. The molecule has 0 aromatic carbocycles. The first-order valence-electron chi connectivity index (χ1n) is 6.10. The Balaban J connectivity index is 0.00000147. The fourth-order valence-corrected chi connectivity index (χ4v) is 2.12. The van der Waals surface area contributed by atoms with Gasteiger partial charge in [0.05, 0.1) is 17.8 Å². The van der Waals surface area contributed by atoms with E-state index in [0.717, 1.165) is 25.8 Å². The average molecular weight is 300 g/mol. The molecular formula is C12H15ClFN5O. The van der Waals surface area contributed by atoms with E-state index in [9.17, 15) is 4.39 Å². The summed E-state index contributed by atoms with van der Waals surface area (Å²) < 4.78 is 18.7. The number of aromatic nitrogens is 3. The smallest absolute Gasteiger partial charge is 0.261 e. The van der Waals surface area contributed by atoms with Gasteiger partial charge in [0.25, 0.3) is 5.89 Å². The topological polar surface area (TPSA) is 67.1 Å². The van der Waals surface area contributed by atoms with Gasteiger partial charge in [0.2, 0.25) is 0 Å². The molecule has 0 bridgehead atoms. The highest BCUT2D eigenvalue weighted by atomic mass is 35.5. The molecule has 1 aliphatic rings. The lowest BCUT2D eigenvalue weighted by Gasteiger charge is -2.30. The van der Waals surface area contributed by atoms with E-state index in [2.05, 4.69) is 25.3 Å². The molecule has 1 fully saturated rings. The van der Waals surface area contributed by atoms with Crippen LogP contribution in [0.2, 0.25) is 0 Å². The van der Waals surface area contributed by atoms with Crippen LogP contribution in [0.4, 0.5) is 4.39 Å². The maximum absolute atomic E-state index is 13.6. The lowest BCUT2D eigenvalue weighted by atomic mass is 10.2. The third kappa shape index (κ3) is 2.79. The summed E-state index contributed by atoms with van der Waals surface area (Å²) in [5.74, 6) is 0.294. The van der Waals surface area contributed by atoms with Crippen LogP contribution in [0, 0.1) is 5.82 Å². The minimum atomic E-state index is -0.465. The van der Waals surface area contributed by atoms with Crippen LogP contribution in [0.3, 0.4) is 0 Å². The van der Waals surface area contributed by atoms with Crippen LogP contribution in [0.15, 0.2) is 23.0 Å². The van der Waals surface area contributed by atoms with E-state index < -0.39 is 5.82 Å². The summed E-state index contributed by atoms with van der Waals surface area (Å²) in [7, 11) is 2.01. The summed E-state index contributed by atoms with van der Waals surface area (Å²) in [6.07, 6.45) is 2.63. The zero-order valence-electron chi connectivity index (χ0n) is 10.9. The maximum Gasteiger partial charge on any atom is 0.261 e. The Hall–Kier alpha value is -1.57. The summed E-state index contributed by atoms with van der Waals surface area (Å²) in [6.45, 7) is 2.61. The highest BCUT2D eigenvalue weighted by Crippen LogP contribution is 2.23. The molecule has 1 N–H and O–H groups in total. The molecule has 1 saturated heterocycles. The maximum atomic E-state index is 13.6. The van der Waals surface area contributed by atoms with Gasteiger partial charge in [0.1, 0.15) is 0 Å². The second-order valence-corrected chi connectivity index (χ2v) is 4.51. The molecule has 2 aromatic heterocycles. The third-order valence-electron chi connectivity index (χ3n) is 3.25. The normalized spacial score (nSPS) is 19.6. The summed E-state index contributed by atoms with van der Waals surface area (Å²) in [6, 6.07) is 1.58. The Morgan fingerprint density at radius 2 is 2.35 bits per heavy atom. The Morgan fingerprint density at radius 3 is 3.10 bits per heavy atom. The highest BCUT2D eigenvalue weighted by Gasteiger charge is 2.25. The van der Waals surface area contributed by atoms with Crippen LogP contribution in [0.25, 0.3) is 11.5 Å². The fraction of sp³-hybridized carbons (Fsp3) is 0.417. The number of hydrogen-bond acceptors (Lipinski definition) is 6. The van der Waals surface area contributed by atoms with Gasteiger partial charge in [-0.3, -0.25) is 9.88 Å². The van der Waals surface area contributed by atoms with Crippen molar-refractivity contribution in [2.45, 2.75) is 6.04 Å². The number of pyridine rings is 1. The summed E-state index contributed by atoms with van der Waals surface area (Å²) in [4.78, 5) is 10.1. The number of halogens is 2. The van der Waals surface area contributed by atoms with E-state index in [-0.39, 0.29) is 29.9 Å². The lowest BCUT2D eigenvalue weighted by Crippen LogP contribution is -2.44. The van der Waals surface area contributed by atoms with Crippen molar-refractivity contribution in [1.29, 1.82) is 0 Å². The molecule has 1 unspecified atom stereocenters. The summed E-state index contributed by atoms with van der Waals surface area (Å²) >= 11 is 0. The van der Waals surface area contributed by atoms with Crippen molar-refractivity contribution in [2.75, 3.05) is 26.7 Å². The van der Waals surface area contributed by atoms with Crippen LogP contribution in [-0.2, 0) is 0 Å². The molecular weight excluding hydrogens is 285 g/mol. The Labute approximate surface area is 121 Å². The number of rotatable bonds is 2. The van der Waals surface area contributed by atoms with Crippen molar-refractivity contribution in [3.8, 4) is 11.5 Å². The molecule has 3 rings (SSSR count). The number of hydrogen-bond donors (Lipinski definition) is 1. The monoisotopic (exact) mass is 299 g/mol. The van der Waals surface area contributed by atoms with Gasteiger partial charge >= 0.3 is 0 Å². The second-order valence-electron chi connectivity index (χ2n) is 4.51. The molecule has 8 heteroatoms. The number of nitrogens with zero attached hydrogens (tertiary/aromatic N) is 4. The Morgan fingerprint density at radius 1 is 1.50 bits per heavy atom. The van der Waals surface area contributed by atoms with E-state index in [0.29, 0.717) is 5.82 Å². The van der Waals surface area contributed by atoms with Crippen LogP contribution in [-0.4, -0.2) is 46.7 Å². The molecule has 6 nitrogen and oxygen atoms in total. The third-order valence-corrected chi connectivity index (χ3v) is 3.25. The van der Waals surface area contributed by atoms with Crippen LogP contribution < -0.4 is 5.32 Å². The van der Waals surface area contributed by atoms with Gasteiger partial charge in [-0.25, -0.2) is 4.39 Å². The SMILES string of the molecule is CN1CCNCC1c1noc(-c2ccncc2F)n1.Cl. The van der Waals surface area contributed by atoms with Crippen molar-refractivity contribution >= 4 is 12.4 Å².